The fourth-order valence-electron chi connectivity index (χ4n) is 2.39. The zero-order valence-electron chi connectivity index (χ0n) is 13.2. The summed E-state index contributed by atoms with van der Waals surface area (Å²) >= 11 is 7.32. The third-order valence-electron chi connectivity index (χ3n) is 3.67. The quantitative estimate of drug-likeness (QED) is 0.664. The maximum Gasteiger partial charge on any atom is 0.230 e. The van der Waals surface area contributed by atoms with Crippen LogP contribution in [0.1, 0.15) is 18.5 Å². The van der Waals surface area contributed by atoms with Crippen LogP contribution in [0.2, 0.25) is 5.02 Å². The number of nitrogens with zero attached hydrogens (tertiary/aromatic N) is 1. The average molecular weight is 357 g/mol. The Labute approximate surface area is 150 Å². The lowest BCUT2D eigenvalue weighted by atomic mass is 10.1. The number of rotatable bonds is 5. The van der Waals surface area contributed by atoms with Crippen molar-refractivity contribution in [3.63, 3.8) is 0 Å². The second kappa shape index (κ2) is 7.69. The highest BCUT2D eigenvalue weighted by Gasteiger charge is 2.10. The Morgan fingerprint density at radius 3 is 2.67 bits per heavy atom. The van der Waals surface area contributed by atoms with Gasteiger partial charge in [0.1, 0.15) is 0 Å². The van der Waals surface area contributed by atoms with E-state index in [1.54, 1.807) is 0 Å². The van der Waals surface area contributed by atoms with E-state index in [4.69, 9.17) is 11.6 Å². The van der Waals surface area contributed by atoms with Gasteiger partial charge in [-0.1, -0.05) is 59.8 Å². The molecule has 1 aromatic heterocycles. The molecule has 1 atom stereocenters. The predicted octanol–water partition coefficient (Wildman–Crippen LogP) is 4.86. The van der Waals surface area contributed by atoms with Gasteiger partial charge < -0.3 is 5.32 Å². The maximum atomic E-state index is 12.1. The summed E-state index contributed by atoms with van der Waals surface area (Å²) in [5.74, 6) is 0.320. The van der Waals surface area contributed by atoms with Crippen molar-refractivity contribution < 1.29 is 4.79 Å². The van der Waals surface area contributed by atoms with E-state index in [0.29, 0.717) is 10.8 Å². The molecule has 3 aromatic rings. The van der Waals surface area contributed by atoms with Crippen molar-refractivity contribution in [3.8, 4) is 0 Å². The van der Waals surface area contributed by atoms with E-state index in [1.807, 2.05) is 67.6 Å². The average Bonchev–Trinajstić information content (AvgIpc) is 2.60. The molecule has 1 N–H and O–H groups in total. The van der Waals surface area contributed by atoms with Crippen LogP contribution >= 0.6 is 23.4 Å². The number of carbonyl (C=O) groups excluding carboxylic acids is 1. The number of fused-ring (bicyclic) bond motifs is 1. The molecule has 0 spiro atoms. The molecule has 0 saturated heterocycles. The first kappa shape index (κ1) is 16.8. The number of pyridine rings is 1. The van der Waals surface area contributed by atoms with E-state index in [9.17, 15) is 4.79 Å². The normalized spacial score (nSPS) is 12.1. The summed E-state index contributed by atoms with van der Waals surface area (Å²) in [4.78, 5) is 16.7. The number of hydrogen-bond donors (Lipinski definition) is 1. The fourth-order valence-corrected chi connectivity index (χ4v) is 3.20. The predicted molar refractivity (Wildman–Crippen MR) is 100 cm³/mol. The van der Waals surface area contributed by atoms with Crippen LogP contribution in [0, 0.1) is 0 Å². The number of hydrogen-bond acceptors (Lipinski definition) is 3. The third-order valence-corrected chi connectivity index (χ3v) is 4.85. The lowest BCUT2D eigenvalue weighted by molar-refractivity contribution is -0.119. The molecule has 0 aliphatic carbocycles. The second-order valence-electron chi connectivity index (χ2n) is 5.47. The van der Waals surface area contributed by atoms with E-state index in [1.165, 1.54) is 11.8 Å². The molecule has 0 aliphatic heterocycles. The molecule has 122 valence electrons. The Bertz CT molecular complexity index is 851. The van der Waals surface area contributed by atoms with Gasteiger partial charge in [-0.25, -0.2) is 4.98 Å². The fraction of sp³-hybridized carbons (Fsp3) is 0.158. The molecule has 3 nitrogen and oxygen atoms in total. The number of amides is 1. The molecule has 5 heteroatoms. The Morgan fingerprint density at radius 1 is 1.12 bits per heavy atom. The molecule has 3 rings (SSSR count). The van der Waals surface area contributed by atoms with Gasteiger partial charge in [-0.2, -0.15) is 0 Å². The highest BCUT2D eigenvalue weighted by atomic mass is 35.5. The Hall–Kier alpha value is -2.04. The molecule has 24 heavy (non-hydrogen) atoms. The Balaban J connectivity index is 1.57. The van der Waals surface area contributed by atoms with E-state index in [2.05, 4.69) is 10.3 Å². The van der Waals surface area contributed by atoms with Gasteiger partial charge >= 0.3 is 0 Å². The number of aromatic nitrogens is 1. The molecule has 1 heterocycles. The number of para-hydroxylation sites is 1. The summed E-state index contributed by atoms with van der Waals surface area (Å²) in [6.07, 6.45) is 0. The zero-order valence-corrected chi connectivity index (χ0v) is 14.8. The third kappa shape index (κ3) is 4.28. The van der Waals surface area contributed by atoms with Gasteiger partial charge in [0.15, 0.2) is 0 Å². The van der Waals surface area contributed by atoms with Crippen LogP contribution in [0.4, 0.5) is 0 Å². The highest BCUT2D eigenvalue weighted by molar-refractivity contribution is 7.99. The van der Waals surface area contributed by atoms with Crippen LogP contribution in [0.15, 0.2) is 65.7 Å². The van der Waals surface area contributed by atoms with Gasteiger partial charge in [0.05, 0.1) is 22.3 Å². The molecule has 0 aliphatic rings. The van der Waals surface area contributed by atoms with Crippen molar-refractivity contribution in [1.82, 2.24) is 10.3 Å². The van der Waals surface area contributed by atoms with Gasteiger partial charge in [0.2, 0.25) is 5.91 Å². The SMILES string of the molecule is C[C@@H](NC(=O)CSc1ccc2ccccc2n1)c1ccc(Cl)cc1. The first-order chi connectivity index (χ1) is 11.6. The molecular formula is C19H17ClN2OS. The van der Waals surface area contributed by atoms with Crippen molar-refractivity contribution in [1.29, 1.82) is 0 Å². The van der Waals surface area contributed by atoms with E-state index in [-0.39, 0.29) is 11.9 Å². The number of halogens is 1. The van der Waals surface area contributed by atoms with Crippen LogP contribution in [-0.2, 0) is 4.79 Å². The smallest absolute Gasteiger partial charge is 0.230 e. The number of thioether (sulfide) groups is 1. The number of benzene rings is 2. The molecule has 0 unspecified atom stereocenters. The lowest BCUT2D eigenvalue weighted by Crippen LogP contribution is -2.28. The van der Waals surface area contributed by atoms with Gasteiger partial charge in [0, 0.05) is 10.4 Å². The van der Waals surface area contributed by atoms with Crippen molar-refractivity contribution >= 4 is 40.2 Å². The number of nitrogens with one attached hydrogen (secondary N) is 1. The highest BCUT2D eigenvalue weighted by Crippen LogP contribution is 2.20. The zero-order chi connectivity index (χ0) is 16.9. The summed E-state index contributed by atoms with van der Waals surface area (Å²) in [6, 6.07) is 19.4. The first-order valence-corrected chi connectivity index (χ1v) is 9.01. The van der Waals surface area contributed by atoms with Crippen LogP contribution in [0.5, 0.6) is 0 Å². The molecule has 2 aromatic carbocycles. The molecule has 1 amide bonds. The number of carbonyl (C=O) groups is 1. The molecule has 0 bridgehead atoms. The molecule has 0 saturated carbocycles. The largest absolute Gasteiger partial charge is 0.349 e. The monoisotopic (exact) mass is 356 g/mol. The van der Waals surface area contributed by atoms with Gasteiger partial charge in [0.25, 0.3) is 0 Å². The Morgan fingerprint density at radius 2 is 1.88 bits per heavy atom. The summed E-state index contributed by atoms with van der Waals surface area (Å²) in [7, 11) is 0. The van der Waals surface area contributed by atoms with Crippen LogP contribution < -0.4 is 5.32 Å². The van der Waals surface area contributed by atoms with Crippen LogP contribution in [-0.4, -0.2) is 16.6 Å². The lowest BCUT2D eigenvalue weighted by Gasteiger charge is -2.14. The summed E-state index contributed by atoms with van der Waals surface area (Å²) in [5.41, 5.74) is 1.97. The van der Waals surface area contributed by atoms with E-state index in [0.717, 1.165) is 21.5 Å². The van der Waals surface area contributed by atoms with Gasteiger partial charge in [-0.05, 0) is 36.8 Å². The standard InChI is InChI=1S/C19H17ClN2OS/c1-13(14-6-9-16(20)10-7-14)21-18(23)12-24-19-11-8-15-4-2-3-5-17(15)22-19/h2-11,13H,12H2,1H3,(H,21,23)/t13-/m1/s1. The summed E-state index contributed by atoms with van der Waals surface area (Å²) in [6.45, 7) is 1.96. The summed E-state index contributed by atoms with van der Waals surface area (Å²) < 4.78 is 0. The minimum Gasteiger partial charge on any atom is -0.349 e. The minimum absolute atomic E-state index is 0.0163. The first-order valence-electron chi connectivity index (χ1n) is 7.65. The summed E-state index contributed by atoms with van der Waals surface area (Å²) in [5, 5.41) is 5.63. The Kier molecular flexibility index (Phi) is 5.38. The second-order valence-corrected chi connectivity index (χ2v) is 6.90. The van der Waals surface area contributed by atoms with Crippen molar-refractivity contribution in [2.75, 3.05) is 5.75 Å². The minimum atomic E-state index is -0.0556. The van der Waals surface area contributed by atoms with Crippen molar-refractivity contribution in [2.45, 2.75) is 18.0 Å². The van der Waals surface area contributed by atoms with Crippen LogP contribution in [0.3, 0.4) is 0 Å². The van der Waals surface area contributed by atoms with Gasteiger partial charge in [-0.15, -0.1) is 0 Å². The van der Waals surface area contributed by atoms with Crippen LogP contribution in [0.25, 0.3) is 10.9 Å². The molecule has 0 radical (unpaired) electrons. The van der Waals surface area contributed by atoms with Crippen molar-refractivity contribution in [3.05, 3.63) is 71.2 Å². The van der Waals surface area contributed by atoms with Crippen molar-refractivity contribution in [2.24, 2.45) is 0 Å². The molecule has 0 fully saturated rings. The topological polar surface area (TPSA) is 42.0 Å². The van der Waals surface area contributed by atoms with E-state index >= 15 is 0 Å². The maximum absolute atomic E-state index is 12.1. The van der Waals surface area contributed by atoms with E-state index < -0.39 is 0 Å². The van der Waals surface area contributed by atoms with Gasteiger partial charge in [-0.3, -0.25) is 4.79 Å². The molecular weight excluding hydrogens is 340 g/mol.